The summed E-state index contributed by atoms with van der Waals surface area (Å²) in [5.41, 5.74) is 9.20. The predicted octanol–water partition coefficient (Wildman–Crippen LogP) is 7.23. The van der Waals surface area contributed by atoms with Gasteiger partial charge in [-0.3, -0.25) is 10.1 Å². The van der Waals surface area contributed by atoms with Crippen LogP contribution in [0.5, 0.6) is 5.75 Å². The summed E-state index contributed by atoms with van der Waals surface area (Å²) in [5.74, 6) is -0.270. The van der Waals surface area contributed by atoms with Gasteiger partial charge in [0.15, 0.2) is 5.11 Å². The fraction of sp³-hybridized carbons (Fsp3) is 0.138. The smallest absolute Gasteiger partial charge is 0.406 e. The minimum atomic E-state index is -4.73. The van der Waals surface area contributed by atoms with Crippen LogP contribution in [0.4, 0.5) is 18.9 Å². The standard InChI is InChI=1S/C29H24F3N5OS/c1-17-5-4-6-18(2)25(17)34-28(39)35-33-16-19-7-13-23-21(15-19)10-14-24-26(23)36-37(3)27(24)20-8-11-22(12-9-20)38-29(30,31)32/h4-16H,1-3H3,(H2,34,35,39). The Bertz CT molecular complexity index is 1710. The van der Waals surface area contributed by atoms with Gasteiger partial charge in [0.05, 0.1) is 11.9 Å². The lowest BCUT2D eigenvalue weighted by molar-refractivity contribution is -0.274. The van der Waals surface area contributed by atoms with E-state index in [2.05, 4.69) is 20.6 Å². The van der Waals surface area contributed by atoms with Gasteiger partial charge in [-0.25, -0.2) is 0 Å². The van der Waals surface area contributed by atoms with Crippen LogP contribution in [0, 0.1) is 13.8 Å². The molecule has 1 heterocycles. The van der Waals surface area contributed by atoms with Gasteiger partial charge in [0.1, 0.15) is 11.3 Å². The molecule has 2 N–H and O–H groups in total. The number of thiocarbonyl (C=S) groups is 1. The number of hydrazone groups is 1. The lowest BCUT2D eigenvalue weighted by Crippen LogP contribution is -2.24. The van der Waals surface area contributed by atoms with Gasteiger partial charge in [0.25, 0.3) is 0 Å². The van der Waals surface area contributed by atoms with Gasteiger partial charge in [-0.1, -0.05) is 36.4 Å². The maximum Gasteiger partial charge on any atom is 0.573 e. The molecule has 4 aromatic carbocycles. The summed E-state index contributed by atoms with van der Waals surface area (Å²) >= 11 is 5.38. The van der Waals surface area contributed by atoms with Crippen molar-refractivity contribution in [2.45, 2.75) is 20.2 Å². The zero-order valence-corrected chi connectivity index (χ0v) is 22.1. The molecule has 0 fully saturated rings. The Morgan fingerprint density at radius 2 is 1.67 bits per heavy atom. The fourth-order valence-corrected chi connectivity index (χ4v) is 4.72. The molecule has 39 heavy (non-hydrogen) atoms. The van der Waals surface area contributed by atoms with E-state index in [1.54, 1.807) is 23.0 Å². The Kier molecular flexibility index (Phi) is 6.96. The Morgan fingerprint density at radius 1 is 0.974 bits per heavy atom. The van der Waals surface area contributed by atoms with Crippen LogP contribution >= 0.6 is 12.2 Å². The van der Waals surface area contributed by atoms with E-state index in [4.69, 9.17) is 17.3 Å². The first-order valence-corrected chi connectivity index (χ1v) is 12.4. The number of nitrogens with one attached hydrogen (secondary N) is 2. The number of rotatable bonds is 5. The molecule has 1 aromatic heterocycles. The zero-order chi connectivity index (χ0) is 27.7. The van der Waals surface area contributed by atoms with Crippen LogP contribution in [0.25, 0.3) is 32.9 Å². The largest absolute Gasteiger partial charge is 0.573 e. The topological polar surface area (TPSA) is 63.5 Å². The Morgan fingerprint density at radius 3 is 2.36 bits per heavy atom. The number of benzene rings is 4. The van der Waals surface area contributed by atoms with Crippen LogP contribution in [-0.2, 0) is 7.05 Å². The number of hydrogen-bond acceptors (Lipinski definition) is 4. The van der Waals surface area contributed by atoms with Crippen molar-refractivity contribution in [3.8, 4) is 17.0 Å². The van der Waals surface area contributed by atoms with Crippen LogP contribution in [0.1, 0.15) is 16.7 Å². The van der Waals surface area contributed by atoms with Gasteiger partial charge < -0.3 is 10.1 Å². The second-order valence-electron chi connectivity index (χ2n) is 9.08. The van der Waals surface area contributed by atoms with Crippen LogP contribution in [0.2, 0.25) is 0 Å². The van der Waals surface area contributed by atoms with Gasteiger partial charge in [-0.2, -0.15) is 10.2 Å². The summed E-state index contributed by atoms with van der Waals surface area (Å²) in [6, 6.07) is 21.7. The molecule has 0 saturated carbocycles. The van der Waals surface area contributed by atoms with Crippen LogP contribution in [0.15, 0.2) is 77.9 Å². The maximum atomic E-state index is 12.5. The van der Waals surface area contributed by atoms with E-state index in [0.717, 1.165) is 55.3 Å². The van der Waals surface area contributed by atoms with Gasteiger partial charge in [0, 0.05) is 29.1 Å². The molecule has 10 heteroatoms. The first kappa shape index (κ1) is 26.2. The molecule has 6 nitrogen and oxygen atoms in total. The quantitative estimate of drug-likeness (QED) is 0.138. The third kappa shape index (κ3) is 5.70. The molecule has 0 saturated heterocycles. The molecule has 0 aliphatic rings. The number of halogens is 3. The van der Waals surface area contributed by atoms with E-state index in [-0.39, 0.29) is 5.75 Å². The van der Waals surface area contributed by atoms with E-state index in [0.29, 0.717) is 5.11 Å². The minimum absolute atomic E-state index is 0.270. The average Bonchev–Trinajstić information content (AvgIpc) is 3.22. The van der Waals surface area contributed by atoms with Gasteiger partial charge in [-0.05, 0) is 84.5 Å². The summed E-state index contributed by atoms with van der Waals surface area (Å²) in [6.07, 6.45) is -3.04. The number of hydrogen-bond donors (Lipinski definition) is 2. The Labute approximate surface area is 228 Å². The highest BCUT2D eigenvalue weighted by atomic mass is 32.1. The van der Waals surface area contributed by atoms with Crippen molar-refractivity contribution in [2.24, 2.45) is 12.1 Å². The Balaban J connectivity index is 1.36. The SMILES string of the molecule is Cc1cccc(C)c1NC(=S)NN=Cc1ccc2c(ccc3c(-c4ccc(OC(F)(F)F)cc4)n(C)nc32)c1. The molecule has 0 radical (unpaired) electrons. The van der Waals surface area contributed by atoms with Crippen molar-refractivity contribution in [2.75, 3.05) is 5.32 Å². The molecule has 0 spiro atoms. The molecular formula is C29H24F3N5OS. The first-order chi connectivity index (χ1) is 18.6. The van der Waals surface area contributed by atoms with Crippen molar-refractivity contribution < 1.29 is 17.9 Å². The van der Waals surface area contributed by atoms with Gasteiger partial charge in [-0.15, -0.1) is 13.2 Å². The van der Waals surface area contributed by atoms with E-state index in [1.165, 1.54) is 12.1 Å². The Hall–Kier alpha value is -4.44. The van der Waals surface area contributed by atoms with Crippen molar-refractivity contribution >= 4 is 50.9 Å². The number of para-hydroxylation sites is 1. The highest BCUT2D eigenvalue weighted by Crippen LogP contribution is 2.34. The van der Waals surface area contributed by atoms with E-state index < -0.39 is 6.36 Å². The van der Waals surface area contributed by atoms with Crippen molar-refractivity contribution in [1.29, 1.82) is 0 Å². The summed E-state index contributed by atoms with van der Waals surface area (Å²) in [5, 5.41) is 15.4. The van der Waals surface area contributed by atoms with Gasteiger partial charge in [0.2, 0.25) is 0 Å². The molecule has 0 bridgehead atoms. The molecule has 5 aromatic rings. The molecule has 0 aliphatic carbocycles. The zero-order valence-electron chi connectivity index (χ0n) is 21.3. The monoisotopic (exact) mass is 547 g/mol. The highest BCUT2D eigenvalue weighted by Gasteiger charge is 2.31. The lowest BCUT2D eigenvalue weighted by Gasteiger charge is -2.12. The molecular weight excluding hydrogens is 523 g/mol. The van der Waals surface area contributed by atoms with E-state index in [9.17, 15) is 13.2 Å². The minimum Gasteiger partial charge on any atom is -0.406 e. The van der Waals surface area contributed by atoms with E-state index >= 15 is 0 Å². The number of aryl methyl sites for hydroxylation is 3. The molecule has 0 atom stereocenters. The summed E-state index contributed by atoms with van der Waals surface area (Å²) in [4.78, 5) is 0. The normalized spacial score (nSPS) is 11.8. The number of anilines is 1. The summed E-state index contributed by atoms with van der Waals surface area (Å²) in [6.45, 7) is 4.03. The average molecular weight is 548 g/mol. The van der Waals surface area contributed by atoms with Crippen molar-refractivity contribution in [3.63, 3.8) is 0 Å². The third-order valence-electron chi connectivity index (χ3n) is 6.30. The van der Waals surface area contributed by atoms with Gasteiger partial charge >= 0.3 is 6.36 Å². The summed E-state index contributed by atoms with van der Waals surface area (Å²) < 4.78 is 43.3. The van der Waals surface area contributed by atoms with Crippen LogP contribution < -0.4 is 15.5 Å². The number of fused-ring (bicyclic) bond motifs is 3. The number of aromatic nitrogens is 2. The first-order valence-electron chi connectivity index (χ1n) is 12.0. The molecule has 5 rings (SSSR count). The second-order valence-corrected chi connectivity index (χ2v) is 9.49. The maximum absolute atomic E-state index is 12.5. The second kappa shape index (κ2) is 10.4. The number of ether oxygens (including phenoxy) is 1. The highest BCUT2D eigenvalue weighted by molar-refractivity contribution is 7.80. The molecule has 0 aliphatic heterocycles. The van der Waals surface area contributed by atoms with Crippen molar-refractivity contribution in [3.05, 3.63) is 89.5 Å². The van der Waals surface area contributed by atoms with Crippen LogP contribution in [-0.4, -0.2) is 27.5 Å². The van der Waals surface area contributed by atoms with Crippen molar-refractivity contribution in [1.82, 2.24) is 15.2 Å². The summed E-state index contributed by atoms with van der Waals surface area (Å²) in [7, 11) is 1.81. The molecule has 0 amide bonds. The fourth-order valence-electron chi connectivity index (χ4n) is 4.56. The predicted molar refractivity (Wildman–Crippen MR) is 153 cm³/mol. The van der Waals surface area contributed by atoms with E-state index in [1.807, 2.05) is 69.4 Å². The number of nitrogens with zero attached hydrogens (tertiary/aromatic N) is 3. The molecule has 0 unspecified atom stereocenters. The lowest BCUT2D eigenvalue weighted by atomic mass is 10.0. The molecule has 198 valence electrons. The van der Waals surface area contributed by atoms with Crippen LogP contribution in [0.3, 0.4) is 0 Å². The number of alkyl halides is 3. The third-order valence-corrected chi connectivity index (χ3v) is 6.50.